The first-order chi connectivity index (χ1) is 11.6. The molecular weight excluding hydrogens is 346 g/mol. The Hall–Kier alpha value is -1.76. The van der Waals surface area contributed by atoms with Gasteiger partial charge >= 0.3 is 0 Å². The molecule has 5 nitrogen and oxygen atoms in total. The Labute approximate surface area is 149 Å². The van der Waals surface area contributed by atoms with Gasteiger partial charge in [0.25, 0.3) is 5.91 Å². The van der Waals surface area contributed by atoms with Gasteiger partial charge in [0.1, 0.15) is 16.9 Å². The second-order valence-corrected chi connectivity index (χ2v) is 7.65. The number of fused-ring (bicyclic) bond motifs is 3. The molecule has 0 fully saturated rings. The second-order valence-electron chi connectivity index (χ2n) is 6.14. The summed E-state index contributed by atoms with van der Waals surface area (Å²) in [5, 5.41) is 7.98. The van der Waals surface area contributed by atoms with Gasteiger partial charge in [-0.15, -0.1) is 11.3 Å². The summed E-state index contributed by atoms with van der Waals surface area (Å²) in [6.45, 7) is 1.89. The topological polar surface area (TPSA) is 53.6 Å². The number of nitrogens with zero attached hydrogens (tertiary/aromatic N) is 1. The van der Waals surface area contributed by atoms with E-state index >= 15 is 0 Å². The average molecular weight is 364 g/mol. The van der Waals surface area contributed by atoms with Crippen LogP contribution in [0.4, 0.5) is 5.00 Å². The number of carbonyl (C=O) groups is 1. The molecule has 1 aromatic carbocycles. The van der Waals surface area contributed by atoms with E-state index in [1.807, 2.05) is 18.2 Å². The van der Waals surface area contributed by atoms with Gasteiger partial charge in [0, 0.05) is 18.0 Å². The normalized spacial score (nSPS) is 20.0. The van der Waals surface area contributed by atoms with Gasteiger partial charge in [-0.05, 0) is 36.7 Å². The van der Waals surface area contributed by atoms with Crippen molar-refractivity contribution in [3.05, 3.63) is 44.8 Å². The smallest absolute Gasteiger partial charge is 0.256 e. The number of anilines is 1. The summed E-state index contributed by atoms with van der Waals surface area (Å²) in [6.07, 6.45) is 0.637. The number of amides is 1. The van der Waals surface area contributed by atoms with Crippen molar-refractivity contribution in [2.75, 3.05) is 26.0 Å². The van der Waals surface area contributed by atoms with Crippen molar-refractivity contribution in [2.45, 2.75) is 19.1 Å². The number of hydrogen-bond acceptors (Lipinski definition) is 5. The maximum Gasteiger partial charge on any atom is 0.256 e. The number of nitrogens with one attached hydrogen (secondary N) is 2. The van der Waals surface area contributed by atoms with E-state index in [0.717, 1.165) is 35.6 Å². The number of thiophene rings is 1. The van der Waals surface area contributed by atoms with Crippen molar-refractivity contribution in [3.63, 3.8) is 0 Å². The van der Waals surface area contributed by atoms with Gasteiger partial charge in [-0.25, -0.2) is 0 Å². The van der Waals surface area contributed by atoms with E-state index in [1.165, 1.54) is 10.4 Å². The Bertz CT molecular complexity index is 820. The lowest BCUT2D eigenvalue weighted by atomic mass is 10.0. The first kappa shape index (κ1) is 15.7. The van der Waals surface area contributed by atoms with Gasteiger partial charge in [-0.3, -0.25) is 4.79 Å². The Morgan fingerprint density at radius 1 is 1.38 bits per heavy atom. The number of benzene rings is 1. The van der Waals surface area contributed by atoms with Crippen LogP contribution in [-0.2, 0) is 13.0 Å². The van der Waals surface area contributed by atoms with Gasteiger partial charge in [0.15, 0.2) is 0 Å². The Morgan fingerprint density at radius 2 is 2.21 bits per heavy atom. The van der Waals surface area contributed by atoms with Crippen LogP contribution in [0.5, 0.6) is 5.75 Å². The van der Waals surface area contributed by atoms with Crippen molar-refractivity contribution in [3.8, 4) is 5.75 Å². The predicted octanol–water partition coefficient (Wildman–Crippen LogP) is 3.25. The Kier molecular flexibility index (Phi) is 3.90. The van der Waals surface area contributed by atoms with Gasteiger partial charge in [0.05, 0.1) is 17.7 Å². The van der Waals surface area contributed by atoms with E-state index in [4.69, 9.17) is 16.3 Å². The molecule has 0 bridgehead atoms. The molecule has 1 unspecified atom stereocenters. The van der Waals surface area contributed by atoms with Crippen LogP contribution in [0.25, 0.3) is 0 Å². The Balaban J connectivity index is 1.67. The summed E-state index contributed by atoms with van der Waals surface area (Å²) in [5.74, 6) is 0.612. The lowest BCUT2D eigenvalue weighted by Gasteiger charge is -2.27. The highest BCUT2D eigenvalue weighted by Gasteiger charge is 2.32. The van der Waals surface area contributed by atoms with Crippen LogP contribution in [0, 0.1) is 0 Å². The monoisotopic (exact) mass is 363 g/mol. The summed E-state index contributed by atoms with van der Waals surface area (Å²) in [7, 11) is 3.69. The molecule has 1 amide bonds. The fraction of sp³-hybridized carbons (Fsp3) is 0.353. The SMILES string of the molecule is COc1ccc(C2NC(=O)c3c(sc4c3CCN(C)C4)N2)cc1Cl. The number of methoxy groups -OCH3 is 1. The lowest BCUT2D eigenvalue weighted by Crippen LogP contribution is -2.38. The zero-order valence-electron chi connectivity index (χ0n) is 13.5. The Morgan fingerprint density at radius 3 is 2.96 bits per heavy atom. The summed E-state index contributed by atoms with van der Waals surface area (Å²) in [4.78, 5) is 16.2. The second kappa shape index (κ2) is 5.95. The zero-order valence-corrected chi connectivity index (χ0v) is 15.1. The summed E-state index contributed by atoms with van der Waals surface area (Å²) < 4.78 is 5.19. The molecule has 4 rings (SSSR count). The van der Waals surface area contributed by atoms with Crippen LogP contribution in [0.2, 0.25) is 5.02 Å². The van der Waals surface area contributed by atoms with Crippen LogP contribution < -0.4 is 15.4 Å². The molecule has 0 saturated carbocycles. The zero-order chi connectivity index (χ0) is 16.8. The molecule has 2 aliphatic heterocycles. The third-order valence-electron chi connectivity index (χ3n) is 4.53. The van der Waals surface area contributed by atoms with Crippen LogP contribution >= 0.6 is 22.9 Å². The molecule has 0 saturated heterocycles. The van der Waals surface area contributed by atoms with Gasteiger partial charge < -0.3 is 20.3 Å². The molecule has 2 N–H and O–H groups in total. The van der Waals surface area contributed by atoms with Crippen LogP contribution in [0.15, 0.2) is 18.2 Å². The molecule has 7 heteroatoms. The molecular formula is C17H18ClN3O2S. The fourth-order valence-electron chi connectivity index (χ4n) is 3.27. The van der Waals surface area contributed by atoms with Crippen LogP contribution in [0.3, 0.4) is 0 Å². The number of halogens is 1. The van der Waals surface area contributed by atoms with E-state index < -0.39 is 0 Å². The number of hydrogen-bond donors (Lipinski definition) is 2. The fourth-order valence-corrected chi connectivity index (χ4v) is 4.89. The highest BCUT2D eigenvalue weighted by Crippen LogP contribution is 2.41. The van der Waals surface area contributed by atoms with Crippen molar-refractivity contribution in [2.24, 2.45) is 0 Å². The van der Waals surface area contributed by atoms with E-state index in [2.05, 4.69) is 22.6 Å². The van der Waals surface area contributed by atoms with E-state index in [1.54, 1.807) is 18.4 Å². The van der Waals surface area contributed by atoms with Crippen molar-refractivity contribution in [1.29, 1.82) is 0 Å². The minimum atomic E-state index is -0.286. The number of ether oxygens (including phenoxy) is 1. The molecule has 2 aromatic rings. The largest absolute Gasteiger partial charge is 0.495 e. The van der Waals surface area contributed by atoms with Gasteiger partial charge in [-0.2, -0.15) is 0 Å². The molecule has 0 spiro atoms. The van der Waals surface area contributed by atoms with Gasteiger partial charge in [0.2, 0.25) is 0 Å². The summed E-state index contributed by atoms with van der Waals surface area (Å²) in [6, 6.07) is 5.55. The average Bonchev–Trinajstić information content (AvgIpc) is 2.92. The maximum absolute atomic E-state index is 12.7. The molecule has 126 valence electrons. The third-order valence-corrected chi connectivity index (χ3v) is 5.98. The van der Waals surface area contributed by atoms with Gasteiger partial charge in [-0.1, -0.05) is 17.7 Å². The molecule has 24 heavy (non-hydrogen) atoms. The molecule has 1 atom stereocenters. The minimum Gasteiger partial charge on any atom is -0.495 e. The first-order valence-electron chi connectivity index (χ1n) is 7.80. The molecule has 1 aromatic heterocycles. The molecule has 0 radical (unpaired) electrons. The van der Waals surface area contributed by atoms with Crippen molar-refractivity contribution in [1.82, 2.24) is 10.2 Å². The number of rotatable bonds is 2. The van der Waals surface area contributed by atoms with E-state index in [0.29, 0.717) is 10.8 Å². The van der Waals surface area contributed by atoms with E-state index in [9.17, 15) is 4.79 Å². The first-order valence-corrected chi connectivity index (χ1v) is 9.00. The lowest BCUT2D eigenvalue weighted by molar-refractivity contribution is 0.0935. The van der Waals surface area contributed by atoms with Crippen LogP contribution in [-0.4, -0.2) is 31.5 Å². The standard InChI is InChI=1S/C17H18ClN3O2S/c1-21-6-5-10-13(8-21)24-17-14(10)16(22)19-15(20-17)9-3-4-12(23-2)11(18)7-9/h3-4,7,15,20H,5-6,8H2,1-2H3,(H,19,22). The van der Waals surface area contributed by atoms with Crippen molar-refractivity contribution >= 4 is 33.8 Å². The van der Waals surface area contributed by atoms with E-state index in [-0.39, 0.29) is 12.1 Å². The third kappa shape index (κ3) is 2.55. The minimum absolute atomic E-state index is 0.0113. The highest BCUT2D eigenvalue weighted by molar-refractivity contribution is 7.16. The predicted molar refractivity (Wildman–Crippen MR) is 96.2 cm³/mol. The molecule has 3 heterocycles. The maximum atomic E-state index is 12.7. The number of likely N-dealkylation sites (N-methyl/N-ethyl adjacent to an activating group) is 1. The molecule has 0 aliphatic carbocycles. The summed E-state index contributed by atoms with van der Waals surface area (Å²) >= 11 is 7.90. The number of carbonyl (C=O) groups excluding carboxylic acids is 1. The summed E-state index contributed by atoms with van der Waals surface area (Å²) in [5.41, 5.74) is 2.92. The quantitative estimate of drug-likeness (QED) is 0.860. The van der Waals surface area contributed by atoms with Crippen LogP contribution in [0.1, 0.15) is 32.5 Å². The highest BCUT2D eigenvalue weighted by atomic mass is 35.5. The molecule has 2 aliphatic rings. The van der Waals surface area contributed by atoms with Crippen molar-refractivity contribution < 1.29 is 9.53 Å².